The molecule has 1 saturated carbocycles. The van der Waals surface area contributed by atoms with Crippen molar-refractivity contribution in [3.05, 3.63) is 62.7 Å². The third-order valence-corrected chi connectivity index (χ3v) is 4.34. The van der Waals surface area contributed by atoms with Crippen LogP contribution in [0.3, 0.4) is 0 Å². The summed E-state index contributed by atoms with van der Waals surface area (Å²) < 4.78 is 1.29. The molecular formula is C17H18IN. The van der Waals surface area contributed by atoms with Gasteiger partial charge >= 0.3 is 0 Å². The quantitative estimate of drug-likeness (QED) is 0.747. The van der Waals surface area contributed by atoms with Crippen LogP contribution in [0.5, 0.6) is 0 Å². The molecule has 3 rings (SSSR count). The fourth-order valence-electron chi connectivity index (χ4n) is 2.40. The molecule has 0 radical (unpaired) electrons. The lowest BCUT2D eigenvalue weighted by molar-refractivity contribution is 1.08. The van der Waals surface area contributed by atoms with E-state index in [0.717, 1.165) is 12.5 Å². The molecule has 1 fully saturated rings. The highest BCUT2D eigenvalue weighted by molar-refractivity contribution is 14.1. The van der Waals surface area contributed by atoms with E-state index in [9.17, 15) is 0 Å². The van der Waals surface area contributed by atoms with E-state index in [2.05, 4.69) is 77.3 Å². The van der Waals surface area contributed by atoms with E-state index in [0.29, 0.717) is 0 Å². The summed E-state index contributed by atoms with van der Waals surface area (Å²) in [6, 6.07) is 15.5. The zero-order valence-corrected chi connectivity index (χ0v) is 13.3. The van der Waals surface area contributed by atoms with Crippen LogP contribution in [0.2, 0.25) is 0 Å². The van der Waals surface area contributed by atoms with E-state index < -0.39 is 0 Å². The topological polar surface area (TPSA) is 12.0 Å². The first-order valence-corrected chi connectivity index (χ1v) is 7.89. The molecule has 1 N–H and O–H groups in total. The molecule has 0 saturated heterocycles. The average Bonchev–Trinajstić information content (AvgIpc) is 3.22. The van der Waals surface area contributed by atoms with Gasteiger partial charge in [-0.05, 0) is 83.2 Å². The largest absolute Gasteiger partial charge is 0.381 e. The van der Waals surface area contributed by atoms with Crippen LogP contribution in [0.1, 0.15) is 35.4 Å². The Morgan fingerprint density at radius 2 is 2.00 bits per heavy atom. The molecule has 98 valence electrons. The van der Waals surface area contributed by atoms with Crippen molar-refractivity contribution in [1.82, 2.24) is 0 Å². The summed E-state index contributed by atoms with van der Waals surface area (Å²) in [5, 5.41) is 3.54. The molecule has 0 amide bonds. The molecule has 0 aliphatic heterocycles. The molecule has 2 aromatic rings. The van der Waals surface area contributed by atoms with E-state index in [4.69, 9.17) is 0 Å². The van der Waals surface area contributed by atoms with Crippen LogP contribution >= 0.6 is 22.6 Å². The number of benzene rings is 2. The number of anilines is 1. The SMILES string of the molecule is Cc1cc(I)ccc1NCc1cccc(C2CC2)c1. The summed E-state index contributed by atoms with van der Waals surface area (Å²) in [5.74, 6) is 0.833. The highest BCUT2D eigenvalue weighted by atomic mass is 127. The summed E-state index contributed by atoms with van der Waals surface area (Å²) in [4.78, 5) is 0. The molecule has 0 atom stereocenters. The highest BCUT2D eigenvalue weighted by Gasteiger charge is 2.23. The molecule has 0 spiro atoms. The Morgan fingerprint density at radius 3 is 2.74 bits per heavy atom. The number of nitrogens with one attached hydrogen (secondary N) is 1. The maximum absolute atomic E-state index is 3.54. The van der Waals surface area contributed by atoms with Gasteiger partial charge < -0.3 is 5.32 Å². The van der Waals surface area contributed by atoms with Gasteiger partial charge in [-0.25, -0.2) is 0 Å². The third-order valence-electron chi connectivity index (χ3n) is 3.67. The molecular weight excluding hydrogens is 345 g/mol. The van der Waals surface area contributed by atoms with Crippen LogP contribution in [0.25, 0.3) is 0 Å². The van der Waals surface area contributed by atoms with E-state index in [1.807, 2.05) is 0 Å². The van der Waals surface area contributed by atoms with Crippen molar-refractivity contribution in [2.75, 3.05) is 5.32 Å². The van der Waals surface area contributed by atoms with Gasteiger partial charge in [0.05, 0.1) is 0 Å². The van der Waals surface area contributed by atoms with Crippen molar-refractivity contribution in [2.45, 2.75) is 32.2 Å². The smallest absolute Gasteiger partial charge is 0.0400 e. The number of hydrogen-bond donors (Lipinski definition) is 1. The fourth-order valence-corrected chi connectivity index (χ4v) is 3.04. The average molecular weight is 363 g/mol. The molecule has 1 aliphatic carbocycles. The van der Waals surface area contributed by atoms with Gasteiger partial charge in [0.2, 0.25) is 0 Å². The van der Waals surface area contributed by atoms with Crippen LogP contribution in [0, 0.1) is 10.5 Å². The standard InChI is InChI=1S/C17H18IN/c1-12-9-16(18)7-8-17(12)19-11-13-3-2-4-15(10-13)14-5-6-14/h2-4,7-10,14,19H,5-6,11H2,1H3. The summed E-state index contributed by atoms with van der Waals surface area (Å²) in [7, 11) is 0. The molecule has 2 aromatic carbocycles. The minimum Gasteiger partial charge on any atom is -0.381 e. The van der Waals surface area contributed by atoms with E-state index in [-0.39, 0.29) is 0 Å². The Morgan fingerprint density at radius 1 is 1.16 bits per heavy atom. The second-order valence-electron chi connectivity index (χ2n) is 5.33. The van der Waals surface area contributed by atoms with Gasteiger partial charge in [0.15, 0.2) is 0 Å². The predicted octanol–water partition coefficient (Wildman–Crippen LogP) is 5.09. The zero-order valence-electron chi connectivity index (χ0n) is 11.1. The molecule has 2 heteroatoms. The predicted molar refractivity (Wildman–Crippen MR) is 89.6 cm³/mol. The minimum atomic E-state index is 0.833. The van der Waals surface area contributed by atoms with Crippen LogP contribution in [0.15, 0.2) is 42.5 Å². The molecule has 0 aromatic heterocycles. The Balaban J connectivity index is 1.69. The number of hydrogen-bond acceptors (Lipinski definition) is 1. The number of aryl methyl sites for hydroxylation is 1. The van der Waals surface area contributed by atoms with Crippen molar-refractivity contribution >= 4 is 28.3 Å². The van der Waals surface area contributed by atoms with Gasteiger partial charge in [-0.15, -0.1) is 0 Å². The summed E-state index contributed by atoms with van der Waals surface area (Å²) >= 11 is 2.35. The lowest BCUT2D eigenvalue weighted by Crippen LogP contribution is -2.01. The summed E-state index contributed by atoms with van der Waals surface area (Å²) in [5.41, 5.74) is 5.43. The van der Waals surface area contributed by atoms with Gasteiger partial charge in [-0.1, -0.05) is 24.3 Å². The maximum atomic E-state index is 3.54. The first-order valence-electron chi connectivity index (χ1n) is 6.81. The molecule has 0 unspecified atom stereocenters. The van der Waals surface area contributed by atoms with Crippen molar-refractivity contribution in [1.29, 1.82) is 0 Å². The number of rotatable bonds is 4. The maximum Gasteiger partial charge on any atom is 0.0400 e. The van der Waals surface area contributed by atoms with Crippen LogP contribution in [-0.2, 0) is 6.54 Å². The van der Waals surface area contributed by atoms with Crippen LogP contribution in [0.4, 0.5) is 5.69 Å². The molecule has 1 aliphatic rings. The second-order valence-corrected chi connectivity index (χ2v) is 6.58. The van der Waals surface area contributed by atoms with Gasteiger partial charge in [0.1, 0.15) is 0 Å². The van der Waals surface area contributed by atoms with E-state index >= 15 is 0 Å². The normalized spacial score (nSPS) is 14.4. The lowest BCUT2D eigenvalue weighted by atomic mass is 10.1. The Labute approximate surface area is 128 Å². The van der Waals surface area contributed by atoms with E-state index in [1.54, 1.807) is 0 Å². The van der Waals surface area contributed by atoms with Crippen LogP contribution in [-0.4, -0.2) is 0 Å². The van der Waals surface area contributed by atoms with Crippen molar-refractivity contribution in [3.63, 3.8) is 0 Å². The van der Waals surface area contributed by atoms with Gasteiger partial charge in [-0.3, -0.25) is 0 Å². The Bertz CT molecular complexity index is 588. The number of halogens is 1. The highest BCUT2D eigenvalue weighted by Crippen LogP contribution is 2.40. The zero-order chi connectivity index (χ0) is 13.2. The minimum absolute atomic E-state index is 0.833. The first kappa shape index (κ1) is 13.0. The Hall–Kier alpha value is -1.03. The van der Waals surface area contributed by atoms with Crippen molar-refractivity contribution in [3.8, 4) is 0 Å². The Kier molecular flexibility index (Phi) is 3.78. The first-order chi connectivity index (χ1) is 9.22. The monoisotopic (exact) mass is 363 g/mol. The molecule has 1 nitrogen and oxygen atoms in total. The van der Waals surface area contributed by atoms with Crippen molar-refractivity contribution < 1.29 is 0 Å². The van der Waals surface area contributed by atoms with Gasteiger partial charge in [-0.2, -0.15) is 0 Å². The molecule has 19 heavy (non-hydrogen) atoms. The molecule has 0 heterocycles. The second kappa shape index (κ2) is 5.53. The third kappa shape index (κ3) is 3.30. The fraction of sp³-hybridized carbons (Fsp3) is 0.294. The van der Waals surface area contributed by atoms with Gasteiger partial charge in [0.25, 0.3) is 0 Å². The van der Waals surface area contributed by atoms with Crippen molar-refractivity contribution in [2.24, 2.45) is 0 Å². The lowest BCUT2D eigenvalue weighted by Gasteiger charge is -2.11. The summed E-state index contributed by atoms with van der Waals surface area (Å²) in [6.45, 7) is 3.06. The summed E-state index contributed by atoms with van der Waals surface area (Å²) in [6.07, 6.45) is 2.74. The van der Waals surface area contributed by atoms with Crippen LogP contribution < -0.4 is 5.32 Å². The van der Waals surface area contributed by atoms with Gasteiger partial charge in [0, 0.05) is 15.8 Å². The molecule has 0 bridgehead atoms. The van der Waals surface area contributed by atoms with E-state index in [1.165, 1.54) is 38.8 Å².